The molecule has 1 aromatic carbocycles. The molecule has 1 rings (SSSR count). The molecule has 0 heterocycles. The minimum absolute atomic E-state index is 0.173. The quantitative estimate of drug-likeness (QED) is 0.666. The average molecular weight is 240 g/mol. The lowest BCUT2D eigenvalue weighted by atomic mass is 10.2. The molecule has 4 heteroatoms. The molecule has 0 radical (unpaired) electrons. The topological polar surface area (TPSA) is 47.9 Å². The second-order valence-corrected chi connectivity index (χ2v) is 3.59. The zero-order valence-electron chi connectivity index (χ0n) is 10.2. The molecule has 17 heavy (non-hydrogen) atoms. The van der Waals surface area contributed by atoms with Crippen LogP contribution in [-0.2, 0) is 16.1 Å². The molecular weight excluding hydrogens is 220 g/mol. The van der Waals surface area contributed by atoms with Crippen molar-refractivity contribution in [2.75, 3.05) is 33.5 Å². The van der Waals surface area contributed by atoms with E-state index in [0.29, 0.717) is 32.8 Å². The third-order valence-corrected chi connectivity index (χ3v) is 2.25. The summed E-state index contributed by atoms with van der Waals surface area (Å²) in [5.41, 5.74) is 1.11. The molecule has 0 aliphatic carbocycles. The standard InChI is InChI=1S/C13H20O4/c1-15-13-5-3-12(4-6-13)11-17-10-9-16-8-2-7-14/h3-6,14H,2,7-11H2,1H3. The first kappa shape index (κ1) is 14.0. The van der Waals surface area contributed by atoms with E-state index in [1.54, 1.807) is 7.11 Å². The molecule has 0 amide bonds. The third kappa shape index (κ3) is 6.26. The predicted octanol–water partition coefficient (Wildman–Crippen LogP) is 1.61. The highest BCUT2D eigenvalue weighted by Crippen LogP contribution is 2.11. The van der Waals surface area contributed by atoms with Gasteiger partial charge < -0.3 is 19.3 Å². The van der Waals surface area contributed by atoms with Crippen LogP contribution in [0.5, 0.6) is 5.75 Å². The molecule has 4 nitrogen and oxygen atoms in total. The van der Waals surface area contributed by atoms with Gasteiger partial charge in [-0.3, -0.25) is 0 Å². The van der Waals surface area contributed by atoms with Crippen molar-refractivity contribution in [3.05, 3.63) is 29.8 Å². The van der Waals surface area contributed by atoms with E-state index in [2.05, 4.69) is 0 Å². The molecule has 0 atom stereocenters. The van der Waals surface area contributed by atoms with Crippen molar-refractivity contribution < 1.29 is 19.3 Å². The zero-order chi connectivity index (χ0) is 12.3. The summed E-state index contributed by atoms with van der Waals surface area (Å²) < 4.78 is 15.8. The van der Waals surface area contributed by atoms with Gasteiger partial charge in [0.05, 0.1) is 26.9 Å². The number of hydrogen-bond acceptors (Lipinski definition) is 4. The first-order valence-corrected chi connectivity index (χ1v) is 5.76. The summed E-state index contributed by atoms with van der Waals surface area (Å²) in [4.78, 5) is 0. The number of ether oxygens (including phenoxy) is 3. The highest BCUT2D eigenvalue weighted by molar-refractivity contribution is 5.26. The molecule has 0 aliphatic heterocycles. The molecular formula is C13H20O4. The molecule has 1 aromatic rings. The van der Waals surface area contributed by atoms with Gasteiger partial charge in [0, 0.05) is 13.2 Å². The minimum Gasteiger partial charge on any atom is -0.497 e. The summed E-state index contributed by atoms with van der Waals surface area (Å²) in [6.07, 6.45) is 0.679. The minimum atomic E-state index is 0.173. The molecule has 0 unspecified atom stereocenters. The van der Waals surface area contributed by atoms with Crippen LogP contribution < -0.4 is 4.74 Å². The number of hydrogen-bond donors (Lipinski definition) is 1. The molecule has 0 fully saturated rings. The van der Waals surface area contributed by atoms with Crippen molar-refractivity contribution in [1.82, 2.24) is 0 Å². The molecule has 0 aliphatic rings. The van der Waals surface area contributed by atoms with Gasteiger partial charge in [0.25, 0.3) is 0 Å². The summed E-state index contributed by atoms with van der Waals surface area (Å²) >= 11 is 0. The molecule has 0 saturated heterocycles. The van der Waals surface area contributed by atoms with Crippen LogP contribution in [0.15, 0.2) is 24.3 Å². The fraction of sp³-hybridized carbons (Fsp3) is 0.538. The van der Waals surface area contributed by atoms with Crippen LogP contribution in [0, 0.1) is 0 Å². The van der Waals surface area contributed by atoms with E-state index in [0.717, 1.165) is 11.3 Å². The van der Waals surface area contributed by atoms with Crippen LogP contribution in [0.3, 0.4) is 0 Å². The van der Waals surface area contributed by atoms with Gasteiger partial charge in [0.1, 0.15) is 5.75 Å². The maximum atomic E-state index is 8.54. The van der Waals surface area contributed by atoms with E-state index in [1.165, 1.54) is 0 Å². The van der Waals surface area contributed by atoms with E-state index < -0.39 is 0 Å². The van der Waals surface area contributed by atoms with Gasteiger partial charge in [0.2, 0.25) is 0 Å². The van der Waals surface area contributed by atoms with Crippen molar-refractivity contribution in [3.63, 3.8) is 0 Å². The molecule has 0 saturated carbocycles. The highest BCUT2D eigenvalue weighted by atomic mass is 16.5. The van der Waals surface area contributed by atoms with Gasteiger partial charge in [0.15, 0.2) is 0 Å². The predicted molar refractivity (Wildman–Crippen MR) is 65.2 cm³/mol. The largest absolute Gasteiger partial charge is 0.497 e. The zero-order valence-corrected chi connectivity index (χ0v) is 10.2. The van der Waals surface area contributed by atoms with Gasteiger partial charge in [-0.15, -0.1) is 0 Å². The smallest absolute Gasteiger partial charge is 0.118 e. The molecule has 0 bridgehead atoms. The van der Waals surface area contributed by atoms with Gasteiger partial charge >= 0.3 is 0 Å². The van der Waals surface area contributed by atoms with Crippen LogP contribution >= 0.6 is 0 Å². The normalized spacial score (nSPS) is 10.5. The van der Waals surface area contributed by atoms with Gasteiger partial charge in [-0.25, -0.2) is 0 Å². The molecule has 0 aromatic heterocycles. The summed E-state index contributed by atoms with van der Waals surface area (Å²) in [6, 6.07) is 7.78. The number of rotatable bonds is 9. The van der Waals surface area contributed by atoms with Crippen LogP contribution in [0.1, 0.15) is 12.0 Å². The van der Waals surface area contributed by atoms with Crippen molar-refractivity contribution in [2.45, 2.75) is 13.0 Å². The Kier molecular flexibility index (Phi) is 7.38. The lowest BCUT2D eigenvalue weighted by molar-refractivity contribution is 0.0360. The molecule has 0 spiro atoms. The van der Waals surface area contributed by atoms with E-state index in [4.69, 9.17) is 19.3 Å². The summed E-state index contributed by atoms with van der Waals surface area (Å²) in [7, 11) is 1.65. The summed E-state index contributed by atoms with van der Waals surface area (Å²) in [6.45, 7) is 2.47. The van der Waals surface area contributed by atoms with E-state index in [9.17, 15) is 0 Å². The number of methoxy groups -OCH3 is 1. The Morgan fingerprint density at radius 2 is 1.71 bits per heavy atom. The molecule has 96 valence electrons. The van der Waals surface area contributed by atoms with Crippen molar-refractivity contribution in [1.29, 1.82) is 0 Å². The fourth-order valence-electron chi connectivity index (χ4n) is 1.30. The highest BCUT2D eigenvalue weighted by Gasteiger charge is 1.95. The van der Waals surface area contributed by atoms with Crippen LogP contribution in [-0.4, -0.2) is 38.6 Å². The SMILES string of the molecule is COc1ccc(COCCOCCCO)cc1. The van der Waals surface area contributed by atoms with Crippen molar-refractivity contribution in [2.24, 2.45) is 0 Å². The van der Waals surface area contributed by atoms with Crippen LogP contribution in [0.2, 0.25) is 0 Å². The third-order valence-electron chi connectivity index (χ3n) is 2.25. The Labute approximate surface area is 102 Å². The Morgan fingerprint density at radius 1 is 1.00 bits per heavy atom. The Morgan fingerprint density at radius 3 is 2.35 bits per heavy atom. The fourth-order valence-corrected chi connectivity index (χ4v) is 1.30. The second kappa shape index (κ2) is 8.98. The van der Waals surface area contributed by atoms with Crippen LogP contribution in [0.4, 0.5) is 0 Å². The Hall–Kier alpha value is -1.10. The second-order valence-electron chi connectivity index (χ2n) is 3.59. The number of benzene rings is 1. The van der Waals surface area contributed by atoms with Gasteiger partial charge in [-0.05, 0) is 24.1 Å². The first-order valence-electron chi connectivity index (χ1n) is 5.76. The van der Waals surface area contributed by atoms with Gasteiger partial charge in [-0.1, -0.05) is 12.1 Å². The van der Waals surface area contributed by atoms with Crippen LogP contribution in [0.25, 0.3) is 0 Å². The Bertz CT molecular complexity index is 284. The lowest BCUT2D eigenvalue weighted by Gasteiger charge is -2.06. The van der Waals surface area contributed by atoms with E-state index in [-0.39, 0.29) is 6.61 Å². The molecule has 1 N–H and O–H groups in total. The monoisotopic (exact) mass is 240 g/mol. The maximum absolute atomic E-state index is 8.54. The maximum Gasteiger partial charge on any atom is 0.118 e. The average Bonchev–Trinajstić information content (AvgIpc) is 2.38. The van der Waals surface area contributed by atoms with E-state index >= 15 is 0 Å². The first-order chi connectivity index (χ1) is 8.36. The van der Waals surface area contributed by atoms with Crippen molar-refractivity contribution in [3.8, 4) is 5.75 Å². The van der Waals surface area contributed by atoms with Gasteiger partial charge in [-0.2, -0.15) is 0 Å². The number of aliphatic hydroxyl groups is 1. The van der Waals surface area contributed by atoms with E-state index in [1.807, 2.05) is 24.3 Å². The lowest BCUT2D eigenvalue weighted by Crippen LogP contribution is -2.06. The van der Waals surface area contributed by atoms with Crippen molar-refractivity contribution >= 4 is 0 Å². The Balaban J connectivity index is 2.05. The summed E-state index contributed by atoms with van der Waals surface area (Å²) in [5, 5.41) is 8.54. The number of aliphatic hydroxyl groups excluding tert-OH is 1. The summed E-state index contributed by atoms with van der Waals surface area (Å²) in [5.74, 6) is 0.848.